The average Bonchev–Trinajstić information content (AvgIpc) is 2.69. The van der Waals surface area contributed by atoms with E-state index in [1.807, 2.05) is 0 Å². The standard InChI is InChI=1S/C32H51NO2/c1-25(2)13-12-16-26(3)14-10-8-7-9-11-15-27(4)17-18-35-29(34)33-32-21-28-19-30(5,23-32)22-31(6,20-28)24-32/h7,9,13-14,17,28H,8,10-12,15-16,18-24H2,1-6H3,(H,33,34)/b9-7+,26-14+,27-17+. The summed E-state index contributed by atoms with van der Waals surface area (Å²) in [6, 6.07) is 0. The number of allylic oxidation sites excluding steroid dienone is 7. The highest BCUT2D eigenvalue weighted by Crippen LogP contribution is 2.66. The minimum Gasteiger partial charge on any atom is -0.445 e. The third-order valence-corrected chi connectivity index (χ3v) is 8.43. The molecule has 0 aliphatic heterocycles. The highest BCUT2D eigenvalue weighted by Gasteiger charge is 2.60. The van der Waals surface area contributed by atoms with Crippen LogP contribution in [0.2, 0.25) is 0 Å². The Hall–Kier alpha value is -1.77. The van der Waals surface area contributed by atoms with E-state index in [-0.39, 0.29) is 11.6 Å². The topological polar surface area (TPSA) is 38.3 Å². The van der Waals surface area contributed by atoms with Gasteiger partial charge in [0.1, 0.15) is 6.61 Å². The molecule has 0 heterocycles. The van der Waals surface area contributed by atoms with Gasteiger partial charge in [-0.1, -0.05) is 54.9 Å². The lowest BCUT2D eigenvalue weighted by molar-refractivity contribution is -0.115. The predicted molar refractivity (Wildman–Crippen MR) is 148 cm³/mol. The van der Waals surface area contributed by atoms with Crippen molar-refractivity contribution in [1.82, 2.24) is 5.32 Å². The Kier molecular flexibility index (Phi) is 9.52. The van der Waals surface area contributed by atoms with Crippen LogP contribution in [0.25, 0.3) is 0 Å². The number of unbranched alkanes of at least 4 members (excludes halogenated alkanes) is 1. The second kappa shape index (κ2) is 12.0. The highest BCUT2D eigenvalue weighted by atomic mass is 16.5. The SMILES string of the molecule is CC(C)=CCC/C(C)=C/CC/C=C/CC/C(C)=C/COC(=O)NC12CC3CC(C)(CC(C)(C3)C1)C2. The number of hydrogen-bond acceptors (Lipinski definition) is 2. The first-order valence-electron chi connectivity index (χ1n) is 14.1. The minimum atomic E-state index is -0.229. The second-order valence-corrected chi connectivity index (χ2v) is 13.1. The maximum absolute atomic E-state index is 12.6. The van der Waals surface area contributed by atoms with Crippen molar-refractivity contribution in [2.75, 3.05) is 6.61 Å². The van der Waals surface area contributed by atoms with Gasteiger partial charge in [0.2, 0.25) is 0 Å². The Bertz CT molecular complexity index is 839. The first kappa shape index (κ1) is 27.8. The molecular formula is C32H51NO2. The number of carbonyl (C=O) groups is 1. The number of amides is 1. The Morgan fingerprint density at radius 2 is 1.43 bits per heavy atom. The molecule has 4 rings (SSSR count). The molecule has 2 atom stereocenters. The number of hydrogen-bond donors (Lipinski definition) is 1. The Balaban J connectivity index is 1.30. The molecular weight excluding hydrogens is 430 g/mol. The molecule has 35 heavy (non-hydrogen) atoms. The van der Waals surface area contributed by atoms with E-state index in [9.17, 15) is 4.79 Å². The van der Waals surface area contributed by atoms with E-state index in [2.05, 4.69) is 77.2 Å². The van der Waals surface area contributed by atoms with Crippen molar-refractivity contribution in [3.63, 3.8) is 0 Å². The molecule has 1 N–H and O–H groups in total. The summed E-state index contributed by atoms with van der Waals surface area (Å²) in [4.78, 5) is 12.6. The number of rotatable bonds is 12. The molecule has 1 amide bonds. The number of nitrogens with one attached hydrogen (secondary N) is 1. The van der Waals surface area contributed by atoms with E-state index < -0.39 is 0 Å². The van der Waals surface area contributed by atoms with Gasteiger partial charge < -0.3 is 10.1 Å². The van der Waals surface area contributed by atoms with Crippen LogP contribution in [0.1, 0.15) is 119 Å². The first-order valence-corrected chi connectivity index (χ1v) is 14.1. The molecule has 0 aromatic carbocycles. The molecule has 3 nitrogen and oxygen atoms in total. The minimum absolute atomic E-state index is 0.0388. The summed E-state index contributed by atoms with van der Waals surface area (Å²) >= 11 is 0. The van der Waals surface area contributed by atoms with Crippen molar-refractivity contribution < 1.29 is 9.53 Å². The molecule has 0 radical (unpaired) electrons. The first-order chi connectivity index (χ1) is 16.5. The van der Waals surface area contributed by atoms with Gasteiger partial charge in [0.25, 0.3) is 0 Å². The summed E-state index contributed by atoms with van der Waals surface area (Å²) in [5, 5.41) is 3.34. The smallest absolute Gasteiger partial charge is 0.407 e. The fourth-order valence-corrected chi connectivity index (χ4v) is 7.86. The quantitative estimate of drug-likeness (QED) is 0.223. The molecule has 196 valence electrons. The zero-order chi connectivity index (χ0) is 25.5. The molecule has 0 spiro atoms. The third kappa shape index (κ3) is 8.69. The molecule has 0 aromatic heterocycles. The van der Waals surface area contributed by atoms with Crippen LogP contribution in [-0.4, -0.2) is 18.2 Å². The van der Waals surface area contributed by atoms with Crippen LogP contribution in [0, 0.1) is 16.7 Å². The molecule has 4 bridgehead atoms. The van der Waals surface area contributed by atoms with Crippen LogP contribution in [0.5, 0.6) is 0 Å². The van der Waals surface area contributed by atoms with Gasteiger partial charge in [0.15, 0.2) is 0 Å². The summed E-state index contributed by atoms with van der Waals surface area (Å²) in [5.74, 6) is 0.768. The Morgan fingerprint density at radius 1 is 0.800 bits per heavy atom. The van der Waals surface area contributed by atoms with Crippen molar-refractivity contribution in [3.05, 3.63) is 47.1 Å². The lowest BCUT2D eigenvalue weighted by atomic mass is 9.43. The zero-order valence-electron chi connectivity index (χ0n) is 23.5. The number of alkyl carbamates (subject to hydrolysis) is 1. The van der Waals surface area contributed by atoms with Crippen LogP contribution in [0.15, 0.2) is 47.1 Å². The Morgan fingerprint density at radius 3 is 2.09 bits per heavy atom. The van der Waals surface area contributed by atoms with E-state index in [1.54, 1.807) is 0 Å². The van der Waals surface area contributed by atoms with Gasteiger partial charge in [-0.05, 0) is 128 Å². The van der Waals surface area contributed by atoms with Gasteiger partial charge in [0, 0.05) is 5.54 Å². The third-order valence-electron chi connectivity index (χ3n) is 8.43. The number of carbonyl (C=O) groups excluding carboxylic acids is 1. The van der Waals surface area contributed by atoms with Crippen LogP contribution in [0.3, 0.4) is 0 Å². The largest absolute Gasteiger partial charge is 0.445 e. The summed E-state index contributed by atoms with van der Waals surface area (Å²) < 4.78 is 5.59. The van der Waals surface area contributed by atoms with Gasteiger partial charge in [-0.2, -0.15) is 0 Å². The van der Waals surface area contributed by atoms with Crippen LogP contribution < -0.4 is 5.32 Å². The van der Waals surface area contributed by atoms with Gasteiger partial charge >= 0.3 is 6.09 Å². The highest BCUT2D eigenvalue weighted by molar-refractivity contribution is 5.68. The van der Waals surface area contributed by atoms with Crippen molar-refractivity contribution >= 4 is 6.09 Å². The van der Waals surface area contributed by atoms with Crippen molar-refractivity contribution in [2.45, 2.75) is 124 Å². The van der Waals surface area contributed by atoms with Crippen molar-refractivity contribution in [3.8, 4) is 0 Å². The van der Waals surface area contributed by atoms with Crippen LogP contribution in [-0.2, 0) is 4.74 Å². The zero-order valence-corrected chi connectivity index (χ0v) is 23.5. The normalized spacial score (nSPS) is 32.2. The van der Waals surface area contributed by atoms with E-state index in [1.165, 1.54) is 42.4 Å². The van der Waals surface area contributed by atoms with Crippen LogP contribution >= 0.6 is 0 Å². The molecule has 2 unspecified atom stereocenters. The van der Waals surface area contributed by atoms with Crippen LogP contribution in [0.4, 0.5) is 4.79 Å². The fraction of sp³-hybridized carbons (Fsp3) is 0.719. The summed E-state index contributed by atoms with van der Waals surface area (Å²) in [6.45, 7) is 13.9. The average molecular weight is 482 g/mol. The molecule has 0 saturated heterocycles. The van der Waals surface area contributed by atoms with Crippen molar-refractivity contribution in [2.24, 2.45) is 16.7 Å². The predicted octanol–water partition coefficient (Wildman–Crippen LogP) is 9.22. The molecule has 0 aromatic rings. The Labute approximate surface area is 215 Å². The maximum atomic E-state index is 12.6. The fourth-order valence-electron chi connectivity index (χ4n) is 7.86. The summed E-state index contributed by atoms with van der Waals surface area (Å²) in [6.07, 6.45) is 25.1. The van der Waals surface area contributed by atoms with E-state index >= 15 is 0 Å². The molecule has 4 aliphatic rings. The van der Waals surface area contributed by atoms with Gasteiger partial charge in [-0.3, -0.25) is 0 Å². The monoisotopic (exact) mass is 481 g/mol. The van der Waals surface area contributed by atoms with E-state index in [0.29, 0.717) is 17.4 Å². The maximum Gasteiger partial charge on any atom is 0.407 e. The summed E-state index contributed by atoms with van der Waals surface area (Å²) in [5.41, 5.74) is 4.93. The molecule has 4 saturated carbocycles. The van der Waals surface area contributed by atoms with E-state index in [0.717, 1.165) is 57.3 Å². The summed E-state index contributed by atoms with van der Waals surface area (Å²) in [7, 11) is 0. The van der Waals surface area contributed by atoms with Gasteiger partial charge in [-0.15, -0.1) is 0 Å². The van der Waals surface area contributed by atoms with Gasteiger partial charge in [0.05, 0.1) is 0 Å². The lowest BCUT2D eigenvalue weighted by Gasteiger charge is -2.65. The molecule has 4 fully saturated rings. The molecule has 3 heteroatoms. The number of ether oxygens (including phenoxy) is 1. The second-order valence-electron chi connectivity index (χ2n) is 13.1. The van der Waals surface area contributed by atoms with E-state index in [4.69, 9.17) is 4.74 Å². The van der Waals surface area contributed by atoms with Crippen molar-refractivity contribution in [1.29, 1.82) is 0 Å². The molecule has 4 aliphatic carbocycles. The van der Waals surface area contributed by atoms with Gasteiger partial charge in [-0.25, -0.2) is 4.79 Å². The lowest BCUT2D eigenvalue weighted by Crippen LogP contribution is -2.65.